The highest BCUT2D eigenvalue weighted by Crippen LogP contribution is 2.06. The van der Waals surface area contributed by atoms with Gasteiger partial charge in [-0.1, -0.05) is 0 Å². The summed E-state index contributed by atoms with van der Waals surface area (Å²) in [6.07, 6.45) is 9.46. The second-order valence-corrected chi connectivity index (χ2v) is 2.00. The van der Waals surface area contributed by atoms with Crippen molar-refractivity contribution in [2.75, 3.05) is 13.1 Å². The molecule has 0 aromatic rings. The van der Waals surface area contributed by atoms with Crippen LogP contribution in [-0.2, 0) is 0 Å². The fourth-order valence-corrected chi connectivity index (χ4v) is 0.958. The normalized spacial score (nSPS) is 22.2. The van der Waals surface area contributed by atoms with Crippen molar-refractivity contribution < 1.29 is 0 Å². The lowest BCUT2D eigenvalue weighted by Gasteiger charge is -2.13. The van der Waals surface area contributed by atoms with Crippen LogP contribution in [0.5, 0.6) is 0 Å². The predicted octanol–water partition coefficient (Wildman–Crippen LogP) is 0.390. The van der Waals surface area contributed by atoms with Gasteiger partial charge in [0, 0.05) is 18.8 Å². The average molecular weight is 118 g/mol. The first-order chi connectivity index (χ1) is 4.47. The molecule has 0 bridgehead atoms. The molecule has 9 heavy (non-hydrogen) atoms. The number of nitrogens with zero attached hydrogens (tertiary/aromatic N) is 2. The summed E-state index contributed by atoms with van der Waals surface area (Å²) in [5.41, 5.74) is 0. The van der Waals surface area contributed by atoms with Crippen molar-refractivity contribution >= 4 is 5.84 Å². The van der Waals surface area contributed by atoms with E-state index in [0.717, 1.165) is 18.9 Å². The van der Waals surface area contributed by atoms with E-state index in [-0.39, 0.29) is 0 Å². The zero-order valence-corrected chi connectivity index (χ0v) is 4.96. The van der Waals surface area contributed by atoms with E-state index in [1.807, 2.05) is 12.3 Å². The Morgan fingerprint density at radius 1 is 1.56 bits per heavy atom. The molecule has 0 N–H and O–H groups in total. The predicted molar refractivity (Wildman–Crippen MR) is 34.6 cm³/mol. The minimum atomic E-state index is 0.908. The van der Waals surface area contributed by atoms with Crippen molar-refractivity contribution in [3.05, 3.63) is 24.4 Å². The van der Waals surface area contributed by atoms with Crippen LogP contribution in [0.1, 0.15) is 0 Å². The minimum absolute atomic E-state index is 0.908. The maximum atomic E-state index is 4.21. The van der Waals surface area contributed by atoms with Gasteiger partial charge in [-0.2, -0.15) is 0 Å². The number of hydrogen-bond donors (Lipinski definition) is 0. The molecule has 2 heterocycles. The Kier molecular flexibility index (Phi) is 0.918. The Hall–Kier alpha value is -1.05. The molecule has 0 saturated heterocycles. The zero-order valence-electron chi connectivity index (χ0n) is 4.96. The lowest BCUT2D eigenvalue weighted by Crippen LogP contribution is -2.21. The number of hydrogen-bond acceptors (Lipinski definition) is 2. The lowest BCUT2D eigenvalue weighted by molar-refractivity contribution is 0.608. The maximum Gasteiger partial charge on any atom is 0.128 e. The summed E-state index contributed by atoms with van der Waals surface area (Å²) in [6.45, 7) is 1.91. The topological polar surface area (TPSA) is 15.6 Å². The summed E-state index contributed by atoms with van der Waals surface area (Å²) in [5, 5.41) is 0. The van der Waals surface area contributed by atoms with Crippen molar-refractivity contribution in [1.82, 2.24) is 4.90 Å². The van der Waals surface area contributed by atoms with Gasteiger partial charge < -0.3 is 4.90 Å². The number of fused-ring (bicyclic) bond motifs is 1. The molecule has 0 amide bonds. The van der Waals surface area contributed by atoms with Gasteiger partial charge in [-0.25, -0.2) is 0 Å². The highest BCUT2D eigenvalue weighted by Gasteiger charge is 2.12. The molecule has 0 atom stereocenters. The third-order valence-corrected chi connectivity index (χ3v) is 1.41. The fourth-order valence-electron chi connectivity index (χ4n) is 0.958. The molecule has 0 aromatic carbocycles. The van der Waals surface area contributed by atoms with Crippen LogP contribution in [0.2, 0.25) is 0 Å². The van der Waals surface area contributed by atoms with Crippen LogP contribution in [-0.4, -0.2) is 23.8 Å². The summed E-state index contributed by atoms with van der Waals surface area (Å²) < 4.78 is 0. The maximum absolute atomic E-state index is 4.21. The molecule has 0 spiro atoms. The Morgan fingerprint density at radius 2 is 2.56 bits per heavy atom. The van der Waals surface area contributed by atoms with E-state index >= 15 is 0 Å². The molecule has 0 aliphatic carbocycles. The van der Waals surface area contributed by atoms with Crippen LogP contribution in [0.25, 0.3) is 0 Å². The van der Waals surface area contributed by atoms with E-state index < -0.39 is 0 Å². The molecule has 2 nitrogen and oxygen atoms in total. The van der Waals surface area contributed by atoms with Crippen LogP contribution in [0.15, 0.2) is 17.3 Å². The number of allylic oxidation sites excluding steroid dienone is 2. The lowest BCUT2D eigenvalue weighted by atomic mass is 10.3. The van der Waals surface area contributed by atoms with E-state index in [1.165, 1.54) is 0 Å². The van der Waals surface area contributed by atoms with Gasteiger partial charge in [-0.05, 0) is 12.2 Å². The van der Waals surface area contributed by atoms with Gasteiger partial charge in [0.1, 0.15) is 5.84 Å². The van der Waals surface area contributed by atoms with Crippen LogP contribution in [0, 0.1) is 12.2 Å². The molecule has 0 saturated carbocycles. The molecule has 2 radical (unpaired) electrons. The Bertz CT molecular complexity index is 198. The minimum Gasteiger partial charge on any atom is -0.331 e. The molecule has 2 aliphatic rings. The zero-order chi connectivity index (χ0) is 6.10. The first-order valence-corrected chi connectivity index (χ1v) is 2.95. The smallest absolute Gasteiger partial charge is 0.128 e. The van der Waals surface area contributed by atoms with Crippen molar-refractivity contribution in [3.8, 4) is 0 Å². The second-order valence-electron chi connectivity index (χ2n) is 2.00. The Labute approximate surface area is 54.2 Å². The average Bonchev–Trinajstić information content (AvgIpc) is 2.33. The fraction of sp³-hybridized carbons (Fsp3) is 0.286. The summed E-state index contributed by atoms with van der Waals surface area (Å²) >= 11 is 0. The summed E-state index contributed by atoms with van der Waals surface area (Å²) in [6, 6.07) is 0. The van der Waals surface area contributed by atoms with E-state index in [1.54, 1.807) is 0 Å². The SMILES string of the molecule is [C]1=CC2=NCCN2C=[C]1. The van der Waals surface area contributed by atoms with Crippen molar-refractivity contribution in [2.24, 2.45) is 4.99 Å². The second kappa shape index (κ2) is 1.72. The largest absolute Gasteiger partial charge is 0.331 e. The van der Waals surface area contributed by atoms with Crippen LogP contribution in [0.4, 0.5) is 0 Å². The van der Waals surface area contributed by atoms with E-state index in [9.17, 15) is 0 Å². The Morgan fingerprint density at radius 3 is 3.44 bits per heavy atom. The van der Waals surface area contributed by atoms with Gasteiger partial charge in [0.15, 0.2) is 0 Å². The molecular formula is C7H6N2. The van der Waals surface area contributed by atoms with Gasteiger partial charge in [0.25, 0.3) is 0 Å². The third-order valence-electron chi connectivity index (χ3n) is 1.41. The van der Waals surface area contributed by atoms with Crippen LogP contribution < -0.4 is 0 Å². The molecule has 2 aliphatic heterocycles. The highest BCUT2D eigenvalue weighted by atomic mass is 15.2. The van der Waals surface area contributed by atoms with Crippen LogP contribution in [0.3, 0.4) is 0 Å². The van der Waals surface area contributed by atoms with Crippen molar-refractivity contribution in [2.45, 2.75) is 0 Å². The van der Waals surface area contributed by atoms with E-state index in [4.69, 9.17) is 0 Å². The summed E-state index contributed by atoms with van der Waals surface area (Å²) in [5.74, 6) is 1.02. The Balaban J connectivity index is 2.33. The molecular weight excluding hydrogens is 112 g/mol. The van der Waals surface area contributed by atoms with Gasteiger partial charge in [0.2, 0.25) is 0 Å². The van der Waals surface area contributed by atoms with Crippen LogP contribution >= 0.6 is 0 Å². The molecule has 0 fully saturated rings. The molecule has 2 heteroatoms. The van der Waals surface area contributed by atoms with Crippen molar-refractivity contribution in [1.29, 1.82) is 0 Å². The first-order valence-electron chi connectivity index (χ1n) is 2.95. The quantitative estimate of drug-likeness (QED) is 0.449. The monoisotopic (exact) mass is 118 g/mol. The van der Waals surface area contributed by atoms with Gasteiger partial charge in [-0.3, -0.25) is 4.99 Å². The number of amidine groups is 1. The molecule has 2 rings (SSSR count). The molecule has 0 unspecified atom stereocenters. The van der Waals surface area contributed by atoms with Gasteiger partial charge >= 0.3 is 0 Å². The molecule has 0 aromatic heterocycles. The van der Waals surface area contributed by atoms with Crippen molar-refractivity contribution in [3.63, 3.8) is 0 Å². The van der Waals surface area contributed by atoms with Gasteiger partial charge in [-0.15, -0.1) is 0 Å². The number of rotatable bonds is 0. The summed E-state index contributed by atoms with van der Waals surface area (Å²) in [7, 11) is 0. The van der Waals surface area contributed by atoms with E-state index in [0.29, 0.717) is 0 Å². The van der Waals surface area contributed by atoms with E-state index in [2.05, 4.69) is 22.0 Å². The third kappa shape index (κ3) is 0.669. The van der Waals surface area contributed by atoms with Gasteiger partial charge in [0.05, 0.1) is 6.54 Å². The first kappa shape index (κ1) is 4.79. The summed E-state index contributed by atoms with van der Waals surface area (Å²) in [4.78, 5) is 6.28. The molecule has 44 valence electrons. The number of aliphatic imine (C=N–C) groups is 1. The standard InChI is InChI=1S/C7H6N2/c1-2-5-9-6-4-8-7(9)3-1/h3,5H,4,6H2. The highest BCUT2D eigenvalue weighted by molar-refractivity contribution is 5.95.